The molecule has 2 N–H and O–H groups in total. The number of amides is 3. The second kappa shape index (κ2) is 9.71. The number of rotatable bonds is 7. The van der Waals surface area contributed by atoms with Gasteiger partial charge in [-0.3, -0.25) is 14.7 Å². The number of urea groups is 1. The van der Waals surface area contributed by atoms with Gasteiger partial charge >= 0.3 is 6.03 Å². The highest BCUT2D eigenvalue weighted by Gasteiger charge is 2.21. The molecule has 0 aliphatic rings. The fourth-order valence-electron chi connectivity index (χ4n) is 2.94. The van der Waals surface area contributed by atoms with Crippen LogP contribution in [0.3, 0.4) is 0 Å². The number of anilines is 3. The number of nitrogens with zero attached hydrogens (tertiary/aromatic N) is 3. The SMILES string of the molecule is COCCNC(=O)Nc1c(C)cnc2c(N(C=O)c3c(Cl)ccnc3Cl)cccc12. The highest BCUT2D eigenvalue weighted by Crippen LogP contribution is 2.39. The van der Waals surface area contributed by atoms with Gasteiger partial charge in [0.1, 0.15) is 5.69 Å². The van der Waals surface area contributed by atoms with Gasteiger partial charge in [0.2, 0.25) is 6.41 Å². The quantitative estimate of drug-likeness (QED) is 0.319. The maximum absolute atomic E-state index is 12.3. The van der Waals surface area contributed by atoms with Gasteiger partial charge in [-0.05, 0) is 24.6 Å². The molecule has 3 rings (SSSR count). The highest BCUT2D eigenvalue weighted by atomic mass is 35.5. The van der Waals surface area contributed by atoms with Gasteiger partial charge in [0.25, 0.3) is 0 Å². The van der Waals surface area contributed by atoms with Crippen LogP contribution >= 0.6 is 23.2 Å². The standard InChI is InChI=1S/C20H19Cl2N5O3/c1-12-10-25-17-13(16(12)26-20(29)24-8-9-30-2)4-3-5-15(17)27(11-28)18-14(21)6-7-23-19(18)22/h3-7,10-11H,8-9H2,1-2H3,(H2,24,25,26,29). The lowest BCUT2D eigenvalue weighted by molar-refractivity contribution is -0.106. The lowest BCUT2D eigenvalue weighted by atomic mass is 10.1. The molecule has 0 aliphatic heterocycles. The van der Waals surface area contributed by atoms with E-state index in [2.05, 4.69) is 20.6 Å². The Balaban J connectivity index is 2.08. The number of ether oxygens (including phenoxy) is 1. The van der Waals surface area contributed by atoms with Gasteiger partial charge in [0, 0.05) is 31.4 Å². The molecule has 2 heterocycles. The summed E-state index contributed by atoms with van der Waals surface area (Å²) in [5, 5.41) is 6.54. The van der Waals surface area contributed by atoms with Gasteiger partial charge in [0.05, 0.1) is 28.5 Å². The zero-order chi connectivity index (χ0) is 21.7. The zero-order valence-corrected chi connectivity index (χ0v) is 17.8. The fraction of sp³-hybridized carbons (Fsp3) is 0.200. The molecule has 0 radical (unpaired) electrons. The maximum atomic E-state index is 12.3. The number of nitrogens with one attached hydrogen (secondary N) is 2. The first kappa shape index (κ1) is 21.8. The average Bonchev–Trinajstić information content (AvgIpc) is 2.73. The van der Waals surface area contributed by atoms with Crippen molar-refractivity contribution in [1.29, 1.82) is 0 Å². The Bertz CT molecular complexity index is 1070. The first-order valence-corrected chi connectivity index (χ1v) is 9.70. The molecule has 0 saturated carbocycles. The van der Waals surface area contributed by atoms with Crippen molar-refractivity contribution in [3.63, 3.8) is 0 Å². The van der Waals surface area contributed by atoms with Crippen molar-refractivity contribution in [2.24, 2.45) is 0 Å². The fourth-order valence-corrected chi connectivity index (χ4v) is 3.48. The molecule has 0 saturated heterocycles. The van der Waals surface area contributed by atoms with Crippen molar-refractivity contribution in [2.75, 3.05) is 30.5 Å². The number of aryl methyl sites for hydroxylation is 1. The number of aromatic nitrogens is 2. The third kappa shape index (κ3) is 4.46. The highest BCUT2D eigenvalue weighted by molar-refractivity contribution is 6.39. The van der Waals surface area contributed by atoms with Crippen molar-refractivity contribution in [2.45, 2.75) is 6.92 Å². The molecule has 30 heavy (non-hydrogen) atoms. The number of benzene rings is 1. The van der Waals surface area contributed by atoms with E-state index in [1.165, 1.54) is 11.1 Å². The summed E-state index contributed by atoms with van der Waals surface area (Å²) in [5.41, 5.74) is 2.51. The minimum absolute atomic E-state index is 0.0783. The summed E-state index contributed by atoms with van der Waals surface area (Å²) in [6.07, 6.45) is 3.66. The number of halogens is 2. The Morgan fingerprint density at radius 1 is 1.27 bits per heavy atom. The van der Waals surface area contributed by atoms with Gasteiger partial charge in [-0.2, -0.15) is 0 Å². The monoisotopic (exact) mass is 447 g/mol. The van der Waals surface area contributed by atoms with Crippen molar-refractivity contribution >= 4 is 63.6 Å². The van der Waals surface area contributed by atoms with Gasteiger partial charge in [0.15, 0.2) is 5.15 Å². The summed E-state index contributed by atoms with van der Waals surface area (Å²) in [5.74, 6) is 0. The predicted molar refractivity (Wildman–Crippen MR) is 118 cm³/mol. The first-order valence-electron chi connectivity index (χ1n) is 8.94. The Kier molecular flexibility index (Phi) is 7.04. The molecule has 0 aliphatic carbocycles. The Morgan fingerprint density at radius 2 is 2.07 bits per heavy atom. The zero-order valence-electron chi connectivity index (χ0n) is 16.3. The Hall–Kier alpha value is -2.94. The van der Waals surface area contributed by atoms with Crippen LogP contribution in [0.4, 0.5) is 21.9 Å². The number of hydrogen-bond donors (Lipinski definition) is 2. The number of carbonyl (C=O) groups is 2. The lowest BCUT2D eigenvalue weighted by Gasteiger charge is -2.22. The second-order valence-electron chi connectivity index (χ2n) is 6.27. The van der Waals surface area contributed by atoms with Gasteiger partial charge < -0.3 is 15.4 Å². The van der Waals surface area contributed by atoms with E-state index in [0.29, 0.717) is 41.8 Å². The van der Waals surface area contributed by atoms with E-state index in [1.807, 2.05) is 6.92 Å². The van der Waals surface area contributed by atoms with Crippen LogP contribution < -0.4 is 15.5 Å². The number of fused-ring (bicyclic) bond motifs is 1. The number of para-hydroxylation sites is 1. The van der Waals surface area contributed by atoms with E-state index in [1.54, 1.807) is 37.6 Å². The van der Waals surface area contributed by atoms with E-state index in [4.69, 9.17) is 27.9 Å². The van der Waals surface area contributed by atoms with Crippen molar-refractivity contribution in [3.8, 4) is 0 Å². The van der Waals surface area contributed by atoms with Crippen LogP contribution in [0.15, 0.2) is 36.7 Å². The summed E-state index contributed by atoms with van der Waals surface area (Å²) in [6, 6.07) is 6.43. The molecule has 0 spiro atoms. The first-order chi connectivity index (χ1) is 14.5. The van der Waals surface area contributed by atoms with Crippen LogP contribution in [0.1, 0.15) is 5.56 Å². The molecule has 3 amide bonds. The molecule has 0 bridgehead atoms. The molecular formula is C20H19Cl2N5O3. The van der Waals surface area contributed by atoms with Gasteiger partial charge in [-0.15, -0.1) is 0 Å². The van der Waals surface area contributed by atoms with Crippen molar-refractivity contribution in [3.05, 3.63) is 52.4 Å². The Morgan fingerprint density at radius 3 is 2.77 bits per heavy atom. The molecule has 0 atom stereocenters. The summed E-state index contributed by atoms with van der Waals surface area (Å²) < 4.78 is 4.93. The van der Waals surface area contributed by atoms with E-state index in [-0.39, 0.29) is 21.9 Å². The second-order valence-corrected chi connectivity index (χ2v) is 7.04. The van der Waals surface area contributed by atoms with Crippen LogP contribution in [0.5, 0.6) is 0 Å². The Labute approximate surface area is 183 Å². The molecule has 1 aromatic carbocycles. The van der Waals surface area contributed by atoms with Gasteiger partial charge in [-0.25, -0.2) is 9.78 Å². The minimum Gasteiger partial charge on any atom is -0.383 e. The number of hydrogen-bond acceptors (Lipinski definition) is 5. The largest absolute Gasteiger partial charge is 0.383 e. The minimum atomic E-state index is -0.376. The summed E-state index contributed by atoms with van der Waals surface area (Å²) in [6.45, 7) is 2.59. The van der Waals surface area contributed by atoms with Crippen LogP contribution in [0, 0.1) is 6.92 Å². The van der Waals surface area contributed by atoms with E-state index < -0.39 is 0 Å². The predicted octanol–water partition coefficient (Wildman–Crippen LogP) is 4.31. The summed E-state index contributed by atoms with van der Waals surface area (Å²) in [7, 11) is 1.56. The van der Waals surface area contributed by atoms with Gasteiger partial charge in [-0.1, -0.05) is 35.3 Å². The van der Waals surface area contributed by atoms with E-state index in [0.717, 1.165) is 5.56 Å². The van der Waals surface area contributed by atoms with E-state index >= 15 is 0 Å². The molecule has 156 valence electrons. The topological polar surface area (TPSA) is 96.5 Å². The lowest BCUT2D eigenvalue weighted by Crippen LogP contribution is -2.31. The third-order valence-electron chi connectivity index (χ3n) is 4.33. The van der Waals surface area contributed by atoms with Crippen LogP contribution in [0.2, 0.25) is 10.2 Å². The average molecular weight is 448 g/mol. The number of carbonyl (C=O) groups excluding carboxylic acids is 2. The molecule has 2 aromatic heterocycles. The molecule has 10 heteroatoms. The van der Waals surface area contributed by atoms with Crippen LogP contribution in [-0.4, -0.2) is 42.7 Å². The smallest absolute Gasteiger partial charge is 0.319 e. The third-order valence-corrected chi connectivity index (χ3v) is 4.91. The molecule has 3 aromatic rings. The molecular weight excluding hydrogens is 429 g/mol. The molecule has 0 fully saturated rings. The van der Waals surface area contributed by atoms with Crippen LogP contribution in [0.25, 0.3) is 10.9 Å². The van der Waals surface area contributed by atoms with E-state index in [9.17, 15) is 9.59 Å². The van der Waals surface area contributed by atoms with Crippen molar-refractivity contribution in [1.82, 2.24) is 15.3 Å². The van der Waals surface area contributed by atoms with Crippen molar-refractivity contribution < 1.29 is 14.3 Å². The normalized spacial score (nSPS) is 10.7. The summed E-state index contributed by atoms with van der Waals surface area (Å²) >= 11 is 12.5. The number of methoxy groups -OCH3 is 1. The summed E-state index contributed by atoms with van der Waals surface area (Å²) in [4.78, 5) is 34.0. The number of pyridine rings is 2. The maximum Gasteiger partial charge on any atom is 0.319 e. The molecule has 0 unspecified atom stereocenters. The van der Waals surface area contributed by atoms with Crippen LogP contribution in [-0.2, 0) is 9.53 Å². The molecule has 8 nitrogen and oxygen atoms in total.